The standard InChI is InChI=1S/C19H20ClF3N4O3/c1-10(2)18(29)27(15-6-12(16(24)28)4-5-25-15)11(3)9-30-17-14(20)7-13(8-26-17)19(21,22)23/h4-8,10-11H,9H2,1-3H3,(H2,24,28). The highest BCUT2D eigenvalue weighted by Crippen LogP contribution is 2.33. The molecule has 2 rings (SSSR count). The normalized spacial score (nSPS) is 12.5. The Bertz CT molecular complexity index is 937. The Morgan fingerprint density at radius 2 is 1.90 bits per heavy atom. The van der Waals surface area contributed by atoms with Crippen LogP contribution in [0.2, 0.25) is 5.02 Å². The minimum atomic E-state index is -4.58. The first kappa shape index (κ1) is 23.4. The van der Waals surface area contributed by atoms with Crippen LogP contribution in [0, 0.1) is 5.92 Å². The molecule has 2 heterocycles. The van der Waals surface area contributed by atoms with Crippen molar-refractivity contribution in [2.45, 2.75) is 33.0 Å². The summed E-state index contributed by atoms with van der Waals surface area (Å²) in [5, 5.41) is -0.312. The van der Waals surface area contributed by atoms with E-state index >= 15 is 0 Å². The van der Waals surface area contributed by atoms with Crippen molar-refractivity contribution in [1.29, 1.82) is 0 Å². The highest BCUT2D eigenvalue weighted by molar-refractivity contribution is 6.31. The van der Waals surface area contributed by atoms with E-state index in [4.69, 9.17) is 22.1 Å². The van der Waals surface area contributed by atoms with Crippen molar-refractivity contribution >= 4 is 29.2 Å². The topological polar surface area (TPSA) is 98.4 Å². The summed E-state index contributed by atoms with van der Waals surface area (Å²) < 4.78 is 43.7. The highest BCUT2D eigenvalue weighted by atomic mass is 35.5. The Morgan fingerprint density at radius 1 is 1.23 bits per heavy atom. The maximum absolute atomic E-state index is 12.7. The van der Waals surface area contributed by atoms with Crippen LogP contribution in [-0.4, -0.2) is 34.4 Å². The highest BCUT2D eigenvalue weighted by Gasteiger charge is 2.32. The fourth-order valence-electron chi connectivity index (χ4n) is 2.50. The summed E-state index contributed by atoms with van der Waals surface area (Å²) in [4.78, 5) is 33.3. The van der Waals surface area contributed by atoms with Crippen molar-refractivity contribution in [2.24, 2.45) is 11.7 Å². The molecule has 0 aliphatic heterocycles. The first-order chi connectivity index (χ1) is 13.9. The van der Waals surface area contributed by atoms with Crippen molar-refractivity contribution in [3.63, 3.8) is 0 Å². The van der Waals surface area contributed by atoms with E-state index in [-0.39, 0.29) is 34.8 Å². The van der Waals surface area contributed by atoms with E-state index in [0.29, 0.717) is 12.3 Å². The molecule has 0 radical (unpaired) electrons. The number of halogens is 4. The number of anilines is 1. The fourth-order valence-corrected chi connectivity index (χ4v) is 2.72. The molecule has 0 fully saturated rings. The lowest BCUT2D eigenvalue weighted by Gasteiger charge is -2.30. The predicted molar refractivity (Wildman–Crippen MR) is 104 cm³/mol. The van der Waals surface area contributed by atoms with Gasteiger partial charge in [-0.2, -0.15) is 13.2 Å². The lowest BCUT2D eigenvalue weighted by Crippen LogP contribution is -2.44. The number of rotatable bonds is 7. The zero-order chi connectivity index (χ0) is 22.6. The number of nitrogens with zero attached hydrogens (tertiary/aromatic N) is 3. The Kier molecular flexibility index (Phi) is 7.25. The molecule has 0 saturated heterocycles. The Labute approximate surface area is 176 Å². The number of alkyl halides is 3. The maximum Gasteiger partial charge on any atom is 0.417 e. The molecule has 2 N–H and O–H groups in total. The number of primary amides is 1. The van der Waals surface area contributed by atoms with Crippen LogP contribution >= 0.6 is 11.6 Å². The molecule has 1 unspecified atom stereocenters. The quantitative estimate of drug-likeness (QED) is 0.702. The molecule has 0 spiro atoms. The van der Waals surface area contributed by atoms with Crippen molar-refractivity contribution in [2.75, 3.05) is 11.5 Å². The number of hydrogen-bond donors (Lipinski definition) is 1. The van der Waals surface area contributed by atoms with Crippen LogP contribution in [-0.2, 0) is 11.0 Å². The van der Waals surface area contributed by atoms with E-state index in [0.717, 1.165) is 0 Å². The summed E-state index contributed by atoms with van der Waals surface area (Å²) in [6.45, 7) is 4.89. The van der Waals surface area contributed by atoms with Gasteiger partial charge in [-0.3, -0.25) is 14.5 Å². The van der Waals surface area contributed by atoms with E-state index in [9.17, 15) is 22.8 Å². The summed E-state index contributed by atoms with van der Waals surface area (Å²) in [6, 6.07) is 2.89. The molecule has 0 aromatic carbocycles. The summed E-state index contributed by atoms with van der Waals surface area (Å²) in [6.07, 6.45) is -2.63. The van der Waals surface area contributed by atoms with Crippen LogP contribution < -0.4 is 15.4 Å². The van der Waals surface area contributed by atoms with Crippen LogP contribution in [0.4, 0.5) is 19.0 Å². The number of ether oxygens (including phenoxy) is 1. The molecule has 7 nitrogen and oxygen atoms in total. The summed E-state index contributed by atoms with van der Waals surface area (Å²) in [7, 11) is 0. The lowest BCUT2D eigenvalue weighted by molar-refractivity contribution is -0.137. The van der Waals surface area contributed by atoms with Gasteiger partial charge >= 0.3 is 6.18 Å². The van der Waals surface area contributed by atoms with Gasteiger partial charge in [0.05, 0.1) is 11.6 Å². The second kappa shape index (κ2) is 9.29. The van der Waals surface area contributed by atoms with Gasteiger partial charge < -0.3 is 10.5 Å². The predicted octanol–water partition coefficient (Wildman–Crippen LogP) is 3.70. The first-order valence-electron chi connectivity index (χ1n) is 8.86. The van der Waals surface area contributed by atoms with Crippen molar-refractivity contribution in [3.8, 4) is 5.88 Å². The Hall–Kier alpha value is -2.88. The van der Waals surface area contributed by atoms with Crippen molar-refractivity contribution < 1.29 is 27.5 Å². The molecule has 11 heteroatoms. The lowest BCUT2D eigenvalue weighted by atomic mass is 10.1. The number of nitrogens with two attached hydrogens (primary N) is 1. The third kappa shape index (κ3) is 5.59. The van der Waals surface area contributed by atoms with E-state index in [2.05, 4.69) is 9.97 Å². The average molecular weight is 445 g/mol. The second-order valence-corrected chi connectivity index (χ2v) is 7.21. The van der Waals surface area contributed by atoms with Gasteiger partial charge in [-0.05, 0) is 25.1 Å². The van der Waals surface area contributed by atoms with Crippen molar-refractivity contribution in [1.82, 2.24) is 9.97 Å². The maximum atomic E-state index is 12.7. The van der Waals surface area contributed by atoms with E-state index in [1.54, 1.807) is 20.8 Å². The van der Waals surface area contributed by atoms with E-state index < -0.39 is 29.6 Å². The molecule has 1 atom stereocenters. The number of aromatic nitrogens is 2. The van der Waals surface area contributed by atoms with Gasteiger partial charge in [0.25, 0.3) is 0 Å². The van der Waals surface area contributed by atoms with Gasteiger partial charge in [0.2, 0.25) is 17.7 Å². The minimum Gasteiger partial charge on any atom is -0.474 e. The molecule has 0 aliphatic carbocycles. The zero-order valence-corrected chi connectivity index (χ0v) is 17.2. The number of carbonyl (C=O) groups excluding carboxylic acids is 2. The molecular formula is C19H20ClF3N4O3. The monoisotopic (exact) mass is 444 g/mol. The molecule has 162 valence electrons. The molecule has 2 aromatic heterocycles. The number of amides is 2. The molecule has 2 amide bonds. The number of carbonyl (C=O) groups is 2. The first-order valence-corrected chi connectivity index (χ1v) is 9.24. The van der Waals surface area contributed by atoms with Crippen LogP contribution in [0.1, 0.15) is 36.7 Å². The van der Waals surface area contributed by atoms with Crippen LogP contribution in [0.15, 0.2) is 30.6 Å². The molecule has 0 bridgehead atoms. The third-order valence-electron chi connectivity index (χ3n) is 4.04. The van der Waals surface area contributed by atoms with Crippen LogP contribution in [0.3, 0.4) is 0 Å². The van der Waals surface area contributed by atoms with Gasteiger partial charge in [0.15, 0.2) is 0 Å². The Morgan fingerprint density at radius 3 is 2.43 bits per heavy atom. The van der Waals surface area contributed by atoms with Gasteiger partial charge in [-0.15, -0.1) is 0 Å². The third-order valence-corrected chi connectivity index (χ3v) is 4.32. The van der Waals surface area contributed by atoms with Gasteiger partial charge in [0.1, 0.15) is 17.4 Å². The molecule has 2 aromatic rings. The molecule has 0 saturated carbocycles. The Balaban J connectivity index is 2.25. The van der Waals surface area contributed by atoms with Gasteiger partial charge in [0, 0.05) is 23.9 Å². The fraction of sp³-hybridized carbons (Fsp3) is 0.368. The van der Waals surface area contributed by atoms with Crippen molar-refractivity contribution in [3.05, 3.63) is 46.7 Å². The zero-order valence-electron chi connectivity index (χ0n) is 16.4. The van der Waals surface area contributed by atoms with E-state index in [1.807, 2.05) is 0 Å². The molecule has 0 aliphatic rings. The summed E-state index contributed by atoms with van der Waals surface area (Å²) >= 11 is 5.85. The van der Waals surface area contributed by atoms with E-state index in [1.165, 1.54) is 23.2 Å². The SMILES string of the molecule is CC(C)C(=O)N(c1cc(C(N)=O)ccn1)C(C)COc1ncc(C(F)(F)F)cc1Cl. The largest absolute Gasteiger partial charge is 0.474 e. The smallest absolute Gasteiger partial charge is 0.417 e. The van der Waals surface area contributed by atoms with Crippen LogP contribution in [0.25, 0.3) is 0 Å². The second-order valence-electron chi connectivity index (χ2n) is 6.80. The van der Waals surface area contributed by atoms with Gasteiger partial charge in [-0.1, -0.05) is 25.4 Å². The summed E-state index contributed by atoms with van der Waals surface area (Å²) in [5.41, 5.74) is 4.46. The average Bonchev–Trinajstić information content (AvgIpc) is 2.66. The van der Waals surface area contributed by atoms with Gasteiger partial charge in [-0.25, -0.2) is 9.97 Å². The minimum absolute atomic E-state index is 0.140. The number of pyridine rings is 2. The summed E-state index contributed by atoms with van der Waals surface area (Å²) in [5.74, 6) is -1.40. The molecule has 30 heavy (non-hydrogen) atoms. The molecular weight excluding hydrogens is 425 g/mol. The number of hydrogen-bond acceptors (Lipinski definition) is 5. The van der Waals surface area contributed by atoms with Crippen LogP contribution in [0.5, 0.6) is 5.88 Å².